The topological polar surface area (TPSA) is 80.5 Å². The van der Waals surface area contributed by atoms with Crippen LogP contribution < -0.4 is 10.1 Å². The van der Waals surface area contributed by atoms with E-state index in [-0.39, 0.29) is 11.8 Å². The molecule has 0 bridgehead atoms. The molecule has 7 heteroatoms. The van der Waals surface area contributed by atoms with Crippen molar-refractivity contribution in [2.45, 2.75) is 39.7 Å². The highest BCUT2D eigenvalue weighted by Crippen LogP contribution is 2.25. The van der Waals surface area contributed by atoms with Crippen molar-refractivity contribution >= 4 is 11.6 Å². The molecule has 1 fully saturated rings. The van der Waals surface area contributed by atoms with E-state index in [1.54, 1.807) is 7.11 Å². The van der Waals surface area contributed by atoms with Crippen LogP contribution in [0.1, 0.15) is 36.8 Å². The zero-order valence-corrected chi connectivity index (χ0v) is 18.9. The molecule has 0 spiro atoms. The number of nitrogens with zero attached hydrogens (tertiary/aromatic N) is 3. The maximum atomic E-state index is 12.9. The number of rotatable bonds is 7. The smallest absolute Gasteiger partial charge is 0.241 e. The summed E-state index contributed by atoms with van der Waals surface area (Å²) in [6, 6.07) is 13.7. The molecule has 3 aromatic rings. The summed E-state index contributed by atoms with van der Waals surface area (Å²) in [6.45, 7) is 6.40. The number of carbonyl (C=O) groups is 1. The van der Waals surface area contributed by atoms with E-state index in [4.69, 9.17) is 9.26 Å². The molecule has 168 valence electrons. The molecule has 1 amide bonds. The van der Waals surface area contributed by atoms with E-state index in [0.717, 1.165) is 54.9 Å². The minimum Gasteiger partial charge on any atom is -0.497 e. The normalized spacial score (nSPS) is 15.0. The Balaban J connectivity index is 1.31. The molecule has 1 aliphatic rings. The summed E-state index contributed by atoms with van der Waals surface area (Å²) in [6.07, 6.45) is 2.54. The van der Waals surface area contributed by atoms with Crippen molar-refractivity contribution in [3.63, 3.8) is 0 Å². The number of amides is 1. The molecule has 2 heterocycles. The largest absolute Gasteiger partial charge is 0.497 e. The number of piperidine rings is 1. The second kappa shape index (κ2) is 9.96. The van der Waals surface area contributed by atoms with Crippen LogP contribution in [0.25, 0.3) is 11.4 Å². The summed E-state index contributed by atoms with van der Waals surface area (Å²) in [7, 11) is 1.64. The molecule has 0 atom stereocenters. The van der Waals surface area contributed by atoms with Gasteiger partial charge in [-0.2, -0.15) is 4.98 Å². The highest BCUT2D eigenvalue weighted by molar-refractivity contribution is 5.94. The Morgan fingerprint density at radius 3 is 2.62 bits per heavy atom. The van der Waals surface area contributed by atoms with Crippen LogP contribution in [0.5, 0.6) is 5.75 Å². The lowest BCUT2D eigenvalue weighted by Crippen LogP contribution is -2.38. The molecule has 1 N–H and O–H groups in total. The van der Waals surface area contributed by atoms with Gasteiger partial charge in [-0.25, -0.2) is 0 Å². The molecule has 1 saturated heterocycles. The molecular formula is C25H30N4O3. The molecule has 4 rings (SSSR count). The van der Waals surface area contributed by atoms with Gasteiger partial charge in [-0.15, -0.1) is 0 Å². The molecule has 0 saturated carbocycles. The Kier molecular flexibility index (Phi) is 6.85. The molecule has 32 heavy (non-hydrogen) atoms. The first-order chi connectivity index (χ1) is 15.6. The number of aromatic nitrogens is 2. The second-order valence-electron chi connectivity index (χ2n) is 8.24. The predicted molar refractivity (Wildman–Crippen MR) is 123 cm³/mol. The van der Waals surface area contributed by atoms with E-state index in [9.17, 15) is 4.79 Å². The fourth-order valence-electron chi connectivity index (χ4n) is 4.15. The van der Waals surface area contributed by atoms with Crippen LogP contribution in [0.4, 0.5) is 5.69 Å². The predicted octanol–water partition coefficient (Wildman–Crippen LogP) is 4.47. The van der Waals surface area contributed by atoms with Gasteiger partial charge >= 0.3 is 0 Å². The first-order valence-corrected chi connectivity index (χ1v) is 11.2. The van der Waals surface area contributed by atoms with Crippen molar-refractivity contribution < 1.29 is 14.1 Å². The molecular weight excluding hydrogens is 404 g/mol. The number of ether oxygens (including phenoxy) is 1. The molecule has 1 aromatic heterocycles. The molecule has 0 unspecified atom stereocenters. The molecule has 0 aliphatic carbocycles. The quantitative estimate of drug-likeness (QED) is 0.591. The van der Waals surface area contributed by atoms with Gasteiger partial charge in [-0.1, -0.05) is 30.3 Å². The van der Waals surface area contributed by atoms with Crippen molar-refractivity contribution in [3.8, 4) is 17.1 Å². The molecule has 2 aromatic carbocycles. The Morgan fingerprint density at radius 1 is 1.19 bits per heavy atom. The van der Waals surface area contributed by atoms with Gasteiger partial charge < -0.3 is 14.6 Å². The SMILES string of the molecule is CCc1cccc(C)c1NC(=O)C1CCN(Cc2nc(-c3ccc(OC)cc3)no2)CC1. The van der Waals surface area contributed by atoms with Gasteiger partial charge in [0.2, 0.25) is 17.6 Å². The fourth-order valence-corrected chi connectivity index (χ4v) is 4.15. The van der Waals surface area contributed by atoms with E-state index in [1.165, 1.54) is 5.56 Å². The number of hydrogen-bond acceptors (Lipinski definition) is 6. The zero-order chi connectivity index (χ0) is 22.5. The van der Waals surface area contributed by atoms with E-state index < -0.39 is 0 Å². The highest BCUT2D eigenvalue weighted by atomic mass is 16.5. The Morgan fingerprint density at radius 2 is 1.94 bits per heavy atom. The summed E-state index contributed by atoms with van der Waals surface area (Å²) in [4.78, 5) is 19.7. The van der Waals surface area contributed by atoms with Crippen molar-refractivity contribution in [1.29, 1.82) is 0 Å². The van der Waals surface area contributed by atoms with Crippen molar-refractivity contribution in [2.75, 3.05) is 25.5 Å². The van der Waals surface area contributed by atoms with Gasteiger partial charge in [0.1, 0.15) is 5.75 Å². The number of methoxy groups -OCH3 is 1. The second-order valence-corrected chi connectivity index (χ2v) is 8.24. The number of nitrogens with one attached hydrogen (secondary N) is 1. The monoisotopic (exact) mass is 434 g/mol. The molecule has 7 nitrogen and oxygen atoms in total. The fraction of sp³-hybridized carbons (Fsp3) is 0.400. The lowest BCUT2D eigenvalue weighted by atomic mass is 9.95. The van der Waals surface area contributed by atoms with E-state index >= 15 is 0 Å². The number of anilines is 1. The average molecular weight is 435 g/mol. The first-order valence-electron chi connectivity index (χ1n) is 11.2. The van der Waals surface area contributed by atoms with Gasteiger partial charge in [0.15, 0.2) is 0 Å². The van der Waals surface area contributed by atoms with E-state index in [0.29, 0.717) is 18.3 Å². The first kappa shape index (κ1) is 22.0. The third-order valence-electron chi connectivity index (χ3n) is 6.12. The summed E-state index contributed by atoms with van der Waals surface area (Å²) in [5.74, 6) is 2.09. The van der Waals surface area contributed by atoms with Crippen LogP contribution in [0.2, 0.25) is 0 Å². The highest BCUT2D eigenvalue weighted by Gasteiger charge is 2.26. The number of hydrogen-bond donors (Lipinski definition) is 1. The lowest BCUT2D eigenvalue weighted by Gasteiger charge is -2.30. The Labute approximate surface area is 188 Å². The average Bonchev–Trinajstić information content (AvgIpc) is 3.29. The van der Waals surface area contributed by atoms with Crippen molar-refractivity contribution in [1.82, 2.24) is 15.0 Å². The number of carbonyl (C=O) groups excluding carboxylic acids is 1. The van der Waals surface area contributed by atoms with Gasteiger partial charge in [0, 0.05) is 17.2 Å². The van der Waals surface area contributed by atoms with Crippen LogP contribution in [0.3, 0.4) is 0 Å². The lowest BCUT2D eigenvalue weighted by molar-refractivity contribution is -0.121. The van der Waals surface area contributed by atoms with E-state index in [2.05, 4.69) is 33.3 Å². The maximum Gasteiger partial charge on any atom is 0.241 e. The number of benzene rings is 2. The Bertz CT molecular complexity index is 1050. The van der Waals surface area contributed by atoms with Crippen LogP contribution in [0, 0.1) is 12.8 Å². The minimum absolute atomic E-state index is 0.0214. The van der Waals surface area contributed by atoms with Gasteiger partial charge in [0.25, 0.3) is 0 Å². The van der Waals surface area contributed by atoms with Gasteiger partial charge in [0.05, 0.1) is 13.7 Å². The Hall–Kier alpha value is -3.19. The standard InChI is InChI=1S/C25H30N4O3/c1-4-18-7-5-6-17(2)23(18)27-25(30)20-12-14-29(15-13-20)16-22-26-24(28-32-22)19-8-10-21(31-3)11-9-19/h5-11,20H,4,12-16H2,1-3H3,(H,27,30). The van der Waals surface area contributed by atoms with Gasteiger partial charge in [-0.3, -0.25) is 9.69 Å². The van der Waals surface area contributed by atoms with Gasteiger partial charge in [-0.05, 0) is 74.7 Å². The molecule has 1 aliphatic heterocycles. The van der Waals surface area contributed by atoms with Crippen molar-refractivity contribution in [2.24, 2.45) is 5.92 Å². The maximum absolute atomic E-state index is 12.9. The number of likely N-dealkylation sites (tertiary alicyclic amines) is 1. The van der Waals surface area contributed by atoms with Crippen molar-refractivity contribution in [3.05, 3.63) is 59.5 Å². The summed E-state index contributed by atoms with van der Waals surface area (Å²) in [5.41, 5.74) is 4.15. The number of aryl methyl sites for hydroxylation is 2. The third-order valence-corrected chi connectivity index (χ3v) is 6.12. The third kappa shape index (κ3) is 4.99. The summed E-state index contributed by atoms with van der Waals surface area (Å²) >= 11 is 0. The zero-order valence-electron chi connectivity index (χ0n) is 18.9. The van der Waals surface area contributed by atoms with Crippen LogP contribution in [-0.2, 0) is 17.8 Å². The van der Waals surface area contributed by atoms with Crippen LogP contribution >= 0.6 is 0 Å². The minimum atomic E-state index is 0.0214. The van der Waals surface area contributed by atoms with E-state index in [1.807, 2.05) is 43.3 Å². The summed E-state index contributed by atoms with van der Waals surface area (Å²) in [5, 5.41) is 7.29. The van der Waals surface area contributed by atoms with Crippen LogP contribution in [-0.4, -0.2) is 41.1 Å². The van der Waals surface area contributed by atoms with Crippen LogP contribution in [0.15, 0.2) is 47.0 Å². The molecule has 0 radical (unpaired) electrons. The number of para-hydroxylation sites is 1. The summed E-state index contributed by atoms with van der Waals surface area (Å²) < 4.78 is 10.6.